The van der Waals surface area contributed by atoms with Crippen LogP contribution in [0, 0.1) is 5.92 Å². The predicted molar refractivity (Wildman–Crippen MR) is 111 cm³/mol. The fourth-order valence-electron chi connectivity index (χ4n) is 3.91. The maximum absolute atomic E-state index is 12.5. The van der Waals surface area contributed by atoms with E-state index in [-0.39, 0.29) is 5.56 Å². The second-order valence-corrected chi connectivity index (χ2v) is 8.47. The summed E-state index contributed by atoms with van der Waals surface area (Å²) in [5, 5.41) is 0. The molecule has 3 aromatic rings. The number of H-pyrrole nitrogens is 1. The molecule has 1 fully saturated rings. The molecule has 0 unspecified atom stereocenters. The standard InChI is InChI=1S/C21H25N3O2S/c1-24(12-14-5-3-4-6-14)13-19-22-17-11-18(27-20(17)21(25)23-19)15-7-9-16(26-2)10-8-15/h7-11,14H,3-6,12-13H2,1-2H3,(H,22,23,25). The van der Waals surface area contributed by atoms with Gasteiger partial charge in [-0.2, -0.15) is 0 Å². The molecule has 1 aliphatic rings. The van der Waals surface area contributed by atoms with E-state index in [4.69, 9.17) is 9.72 Å². The number of aromatic amines is 1. The van der Waals surface area contributed by atoms with Gasteiger partial charge in [0.25, 0.3) is 5.56 Å². The molecule has 1 saturated carbocycles. The van der Waals surface area contributed by atoms with Gasteiger partial charge in [0, 0.05) is 11.4 Å². The molecule has 0 saturated heterocycles. The minimum atomic E-state index is -0.0472. The molecular weight excluding hydrogens is 358 g/mol. The zero-order valence-electron chi connectivity index (χ0n) is 15.8. The average Bonchev–Trinajstić information content (AvgIpc) is 3.31. The Kier molecular flexibility index (Phi) is 5.27. The first kappa shape index (κ1) is 18.2. The Morgan fingerprint density at radius 1 is 1.26 bits per heavy atom. The monoisotopic (exact) mass is 383 g/mol. The van der Waals surface area contributed by atoms with E-state index < -0.39 is 0 Å². The van der Waals surface area contributed by atoms with Crippen LogP contribution >= 0.6 is 11.3 Å². The lowest BCUT2D eigenvalue weighted by Crippen LogP contribution is -2.26. The lowest BCUT2D eigenvalue weighted by Gasteiger charge is -2.19. The van der Waals surface area contributed by atoms with Crippen molar-refractivity contribution in [2.75, 3.05) is 20.7 Å². The van der Waals surface area contributed by atoms with Crippen LogP contribution in [0.3, 0.4) is 0 Å². The number of rotatable bonds is 6. The van der Waals surface area contributed by atoms with Crippen molar-refractivity contribution >= 4 is 21.6 Å². The van der Waals surface area contributed by atoms with Gasteiger partial charge in [0.1, 0.15) is 16.3 Å². The van der Waals surface area contributed by atoms with Crippen molar-refractivity contribution in [3.63, 3.8) is 0 Å². The van der Waals surface area contributed by atoms with Crippen LogP contribution in [0.1, 0.15) is 31.5 Å². The third-order valence-electron chi connectivity index (χ3n) is 5.27. The molecule has 0 amide bonds. The second kappa shape index (κ2) is 7.82. The van der Waals surface area contributed by atoms with Crippen molar-refractivity contribution in [2.45, 2.75) is 32.2 Å². The lowest BCUT2D eigenvalue weighted by atomic mass is 10.1. The highest BCUT2D eigenvalue weighted by molar-refractivity contribution is 7.22. The Hall–Kier alpha value is -2.18. The van der Waals surface area contributed by atoms with Crippen molar-refractivity contribution in [1.29, 1.82) is 0 Å². The molecule has 6 heteroatoms. The molecule has 1 aliphatic carbocycles. The zero-order chi connectivity index (χ0) is 18.8. The summed E-state index contributed by atoms with van der Waals surface area (Å²) in [7, 11) is 3.77. The largest absolute Gasteiger partial charge is 0.497 e. The number of methoxy groups -OCH3 is 1. The van der Waals surface area contributed by atoms with Gasteiger partial charge in [-0.3, -0.25) is 9.69 Å². The average molecular weight is 384 g/mol. The van der Waals surface area contributed by atoms with Crippen molar-refractivity contribution in [3.05, 3.63) is 46.5 Å². The molecular formula is C21H25N3O2S. The summed E-state index contributed by atoms with van der Waals surface area (Å²) >= 11 is 1.48. The van der Waals surface area contributed by atoms with Crippen LogP contribution in [0.5, 0.6) is 5.75 Å². The highest BCUT2D eigenvalue weighted by atomic mass is 32.1. The van der Waals surface area contributed by atoms with E-state index in [9.17, 15) is 4.79 Å². The first-order valence-electron chi connectivity index (χ1n) is 9.48. The highest BCUT2D eigenvalue weighted by Gasteiger charge is 2.18. The molecule has 27 heavy (non-hydrogen) atoms. The Morgan fingerprint density at radius 3 is 2.70 bits per heavy atom. The van der Waals surface area contributed by atoms with Gasteiger partial charge in [-0.25, -0.2) is 4.98 Å². The summed E-state index contributed by atoms with van der Waals surface area (Å²) in [6.45, 7) is 1.75. The number of ether oxygens (including phenoxy) is 1. The second-order valence-electron chi connectivity index (χ2n) is 7.41. The Bertz CT molecular complexity index is 971. The van der Waals surface area contributed by atoms with Gasteiger partial charge < -0.3 is 9.72 Å². The van der Waals surface area contributed by atoms with Crippen LogP contribution in [0.2, 0.25) is 0 Å². The van der Waals surface area contributed by atoms with Crippen LogP contribution < -0.4 is 10.3 Å². The zero-order valence-corrected chi connectivity index (χ0v) is 16.6. The van der Waals surface area contributed by atoms with Gasteiger partial charge in [-0.05, 0) is 61.7 Å². The van der Waals surface area contributed by atoms with Gasteiger partial charge in [0.15, 0.2) is 0 Å². The van der Waals surface area contributed by atoms with Crippen molar-refractivity contribution < 1.29 is 4.74 Å². The number of nitrogens with one attached hydrogen (secondary N) is 1. The van der Waals surface area contributed by atoms with Crippen LogP contribution in [0.15, 0.2) is 35.1 Å². The predicted octanol–water partition coefficient (Wildman–Crippen LogP) is 4.28. The van der Waals surface area contributed by atoms with Gasteiger partial charge >= 0.3 is 0 Å². The van der Waals surface area contributed by atoms with Gasteiger partial charge in [-0.15, -0.1) is 11.3 Å². The van der Waals surface area contributed by atoms with Crippen molar-refractivity contribution in [1.82, 2.24) is 14.9 Å². The molecule has 2 aromatic heterocycles. The lowest BCUT2D eigenvalue weighted by molar-refractivity contribution is 0.265. The SMILES string of the molecule is COc1ccc(-c2cc3nc(CN(C)CC4CCCC4)[nH]c(=O)c3s2)cc1. The molecule has 1 N–H and O–H groups in total. The number of thiophene rings is 1. The molecule has 0 spiro atoms. The van der Waals surface area contributed by atoms with Crippen LogP contribution in [-0.2, 0) is 6.54 Å². The summed E-state index contributed by atoms with van der Waals surface area (Å²) in [6.07, 6.45) is 5.34. The Balaban J connectivity index is 1.56. The third-order valence-corrected chi connectivity index (χ3v) is 6.44. The third kappa shape index (κ3) is 4.06. The van der Waals surface area contributed by atoms with Crippen molar-refractivity contribution in [2.24, 2.45) is 5.92 Å². The fourth-order valence-corrected chi connectivity index (χ4v) is 4.91. The molecule has 0 aliphatic heterocycles. The van der Waals surface area contributed by atoms with E-state index in [0.29, 0.717) is 11.2 Å². The quantitative estimate of drug-likeness (QED) is 0.690. The van der Waals surface area contributed by atoms with Crippen molar-refractivity contribution in [3.8, 4) is 16.2 Å². The van der Waals surface area contributed by atoms with E-state index in [1.54, 1.807) is 7.11 Å². The molecule has 5 nitrogen and oxygen atoms in total. The van der Waals surface area contributed by atoms with Crippen LogP contribution in [0.4, 0.5) is 0 Å². The van der Waals surface area contributed by atoms with E-state index >= 15 is 0 Å². The molecule has 1 aromatic carbocycles. The minimum Gasteiger partial charge on any atom is -0.497 e. The number of nitrogens with zero attached hydrogens (tertiary/aromatic N) is 2. The molecule has 0 atom stereocenters. The Labute approximate surface area is 163 Å². The smallest absolute Gasteiger partial charge is 0.268 e. The molecule has 0 radical (unpaired) electrons. The van der Waals surface area contributed by atoms with Crippen LogP contribution in [0.25, 0.3) is 20.7 Å². The van der Waals surface area contributed by atoms with E-state index in [0.717, 1.165) is 40.0 Å². The number of hydrogen-bond donors (Lipinski definition) is 1. The maximum Gasteiger partial charge on any atom is 0.268 e. The summed E-state index contributed by atoms with van der Waals surface area (Å²) in [5.41, 5.74) is 1.80. The summed E-state index contributed by atoms with van der Waals surface area (Å²) in [6, 6.07) is 9.89. The number of hydrogen-bond acceptors (Lipinski definition) is 5. The number of aromatic nitrogens is 2. The molecule has 4 rings (SSSR count). The summed E-state index contributed by atoms with van der Waals surface area (Å²) in [4.78, 5) is 23.6. The first-order chi connectivity index (χ1) is 13.1. The van der Waals surface area contributed by atoms with E-state index in [1.165, 1.54) is 37.0 Å². The molecule has 2 heterocycles. The summed E-state index contributed by atoms with van der Waals surface area (Å²) in [5.74, 6) is 2.35. The summed E-state index contributed by atoms with van der Waals surface area (Å²) < 4.78 is 5.90. The fraction of sp³-hybridized carbons (Fsp3) is 0.429. The van der Waals surface area contributed by atoms with Gasteiger partial charge in [-0.1, -0.05) is 12.8 Å². The van der Waals surface area contributed by atoms with E-state index in [2.05, 4.69) is 16.9 Å². The number of fused-ring (bicyclic) bond motifs is 1. The van der Waals surface area contributed by atoms with E-state index in [1.807, 2.05) is 30.3 Å². The minimum absolute atomic E-state index is 0.0472. The topological polar surface area (TPSA) is 58.2 Å². The maximum atomic E-state index is 12.5. The van der Waals surface area contributed by atoms with Crippen LogP contribution in [-0.4, -0.2) is 35.6 Å². The molecule has 142 valence electrons. The van der Waals surface area contributed by atoms with Gasteiger partial charge in [0.05, 0.1) is 19.2 Å². The molecule has 0 bridgehead atoms. The number of benzene rings is 1. The highest BCUT2D eigenvalue weighted by Crippen LogP contribution is 2.32. The first-order valence-corrected chi connectivity index (χ1v) is 10.3. The van der Waals surface area contributed by atoms with Gasteiger partial charge in [0.2, 0.25) is 0 Å². The Morgan fingerprint density at radius 2 is 2.00 bits per heavy atom. The normalized spacial score (nSPS) is 15.1.